The lowest BCUT2D eigenvalue weighted by molar-refractivity contribution is -0.134. The van der Waals surface area contributed by atoms with Crippen LogP contribution in [0.2, 0.25) is 0 Å². The summed E-state index contributed by atoms with van der Waals surface area (Å²) in [4.78, 5) is 56.8. The molecule has 1 aliphatic carbocycles. The third-order valence-electron chi connectivity index (χ3n) is 8.03. The lowest BCUT2D eigenvalue weighted by Crippen LogP contribution is -2.49. The number of nitrogens with one attached hydrogen (secondary N) is 3. The molecule has 0 bridgehead atoms. The minimum atomic E-state index is -1.26. The summed E-state index contributed by atoms with van der Waals surface area (Å²) < 4.78 is 0. The van der Waals surface area contributed by atoms with Crippen LogP contribution in [0.4, 0.5) is 17.8 Å². The van der Waals surface area contributed by atoms with Gasteiger partial charge in [0.25, 0.3) is 0 Å². The normalized spacial score (nSPS) is 14.1. The van der Waals surface area contributed by atoms with E-state index in [-0.39, 0.29) is 0 Å². The number of anilines is 3. The molecule has 5 rings (SSSR count). The Balaban J connectivity index is 0.000000410. The van der Waals surface area contributed by atoms with Crippen LogP contribution in [0, 0.1) is 0 Å². The van der Waals surface area contributed by atoms with Crippen molar-refractivity contribution in [1.29, 1.82) is 0 Å². The Bertz CT molecular complexity index is 1660. The van der Waals surface area contributed by atoms with Crippen LogP contribution >= 0.6 is 0 Å². The SMILES string of the molecule is C=CCNc1nc(NCC=C)nc(NCCN2CCN(C3c4ccccc4CCc4ccccc43)CC2)n1.O=C(O)/C=C/C(=O)O.O=C(O)/C=C/C(=O)O. The number of aryl methyl sites for hydroxylation is 2. The van der Waals surface area contributed by atoms with Crippen LogP contribution < -0.4 is 16.0 Å². The zero-order valence-corrected chi connectivity index (χ0v) is 29.8. The van der Waals surface area contributed by atoms with Crippen molar-refractivity contribution in [2.75, 3.05) is 68.3 Å². The molecule has 16 heteroatoms. The molecule has 0 amide bonds. The summed E-state index contributed by atoms with van der Waals surface area (Å²) in [7, 11) is 0. The number of hydrogen-bond donors (Lipinski definition) is 7. The van der Waals surface area contributed by atoms with Gasteiger partial charge in [0.2, 0.25) is 17.8 Å². The molecule has 1 fully saturated rings. The van der Waals surface area contributed by atoms with Gasteiger partial charge in [0, 0.05) is 76.7 Å². The van der Waals surface area contributed by atoms with Gasteiger partial charge in [0.1, 0.15) is 0 Å². The van der Waals surface area contributed by atoms with Gasteiger partial charge in [-0.2, -0.15) is 15.0 Å². The molecule has 0 atom stereocenters. The average Bonchev–Trinajstić information content (AvgIpc) is 3.32. The van der Waals surface area contributed by atoms with Crippen molar-refractivity contribution < 1.29 is 39.6 Å². The molecular weight excluding hydrogens is 696 g/mol. The maximum absolute atomic E-state index is 9.55. The van der Waals surface area contributed by atoms with Gasteiger partial charge in [0.15, 0.2) is 0 Å². The fourth-order valence-electron chi connectivity index (χ4n) is 5.68. The summed E-state index contributed by atoms with van der Waals surface area (Å²) in [6.07, 6.45) is 8.01. The van der Waals surface area contributed by atoms with Crippen LogP contribution in [0.25, 0.3) is 0 Å². The first-order chi connectivity index (χ1) is 26.0. The Morgan fingerprint density at radius 3 is 1.41 bits per heavy atom. The van der Waals surface area contributed by atoms with Gasteiger partial charge in [-0.05, 0) is 35.1 Å². The topological polar surface area (TPSA) is 230 Å². The molecule has 0 unspecified atom stereocenters. The lowest BCUT2D eigenvalue weighted by atomic mass is 9.93. The number of carboxylic acids is 4. The van der Waals surface area contributed by atoms with Crippen LogP contribution in [0.3, 0.4) is 0 Å². The van der Waals surface area contributed by atoms with E-state index in [4.69, 9.17) is 20.4 Å². The molecule has 16 nitrogen and oxygen atoms in total. The van der Waals surface area contributed by atoms with Crippen molar-refractivity contribution in [2.24, 2.45) is 0 Å². The molecule has 286 valence electrons. The van der Waals surface area contributed by atoms with Crippen molar-refractivity contribution in [1.82, 2.24) is 24.8 Å². The second-order valence-corrected chi connectivity index (χ2v) is 11.8. The van der Waals surface area contributed by atoms with E-state index in [0.717, 1.165) is 52.1 Å². The Morgan fingerprint density at radius 1 is 0.630 bits per heavy atom. The average molecular weight is 743 g/mol. The highest BCUT2D eigenvalue weighted by Gasteiger charge is 2.30. The van der Waals surface area contributed by atoms with Gasteiger partial charge in [-0.3, -0.25) is 9.80 Å². The molecule has 54 heavy (non-hydrogen) atoms. The largest absolute Gasteiger partial charge is 0.478 e. The van der Waals surface area contributed by atoms with Gasteiger partial charge in [-0.25, -0.2) is 19.2 Å². The van der Waals surface area contributed by atoms with E-state index >= 15 is 0 Å². The fraction of sp³-hybridized carbons (Fsp3) is 0.289. The number of fused-ring (bicyclic) bond motifs is 2. The second-order valence-electron chi connectivity index (χ2n) is 11.8. The number of rotatable bonds is 15. The first-order valence-electron chi connectivity index (χ1n) is 17.1. The smallest absolute Gasteiger partial charge is 0.328 e. The van der Waals surface area contributed by atoms with Crippen molar-refractivity contribution in [3.63, 3.8) is 0 Å². The third kappa shape index (κ3) is 14.7. The molecule has 1 aliphatic heterocycles. The van der Waals surface area contributed by atoms with E-state index < -0.39 is 23.9 Å². The van der Waals surface area contributed by atoms with Crippen LogP contribution in [0.15, 0.2) is 98.1 Å². The standard InChI is InChI=1S/C30H38N8.2C4H4O4/c1-3-15-31-28-34-29(32-16-4-2)36-30(35-28)33-17-18-37-19-21-38(22-20-37)27-25-11-7-5-9-23(25)13-14-24-10-6-8-12-26(24)27;2*5-3(6)1-2-4(7)8/h3-12,27H,1-2,13-22H2,(H3,31,32,33,34,35,36);2*1-2H,(H,5,6)(H,7,8)/b;2*2-1+. The molecule has 3 aromatic rings. The summed E-state index contributed by atoms with van der Waals surface area (Å²) in [5.74, 6) is -3.43. The highest BCUT2D eigenvalue weighted by atomic mass is 16.4. The fourth-order valence-corrected chi connectivity index (χ4v) is 5.68. The van der Waals surface area contributed by atoms with Gasteiger partial charge >= 0.3 is 23.9 Å². The predicted molar refractivity (Wildman–Crippen MR) is 205 cm³/mol. The minimum absolute atomic E-state index is 0.332. The Morgan fingerprint density at radius 2 is 1.02 bits per heavy atom. The quantitative estimate of drug-likeness (QED) is 0.0874. The predicted octanol–water partition coefficient (Wildman–Crippen LogP) is 3.41. The van der Waals surface area contributed by atoms with Crippen LogP contribution in [0.5, 0.6) is 0 Å². The first-order valence-corrected chi connectivity index (χ1v) is 17.1. The van der Waals surface area contributed by atoms with E-state index in [1.807, 2.05) is 0 Å². The number of benzene rings is 2. The number of hydrogen-bond acceptors (Lipinski definition) is 12. The number of aromatic nitrogens is 3. The van der Waals surface area contributed by atoms with E-state index in [2.05, 4.69) is 102 Å². The monoisotopic (exact) mass is 742 g/mol. The van der Waals surface area contributed by atoms with Crippen LogP contribution in [-0.2, 0) is 32.0 Å². The van der Waals surface area contributed by atoms with Gasteiger partial charge in [0.05, 0.1) is 6.04 Å². The molecule has 7 N–H and O–H groups in total. The van der Waals surface area contributed by atoms with Crippen molar-refractivity contribution in [3.8, 4) is 0 Å². The van der Waals surface area contributed by atoms with E-state index in [1.165, 1.54) is 22.3 Å². The zero-order chi connectivity index (χ0) is 39.3. The Hall–Kier alpha value is -6.39. The summed E-state index contributed by atoms with van der Waals surface area (Å²) in [5.41, 5.74) is 5.93. The number of carbonyl (C=O) groups is 4. The molecule has 1 saturated heterocycles. The lowest BCUT2D eigenvalue weighted by Gasteiger charge is -2.40. The Kier molecular flexibility index (Phi) is 17.5. The van der Waals surface area contributed by atoms with Gasteiger partial charge in [-0.15, -0.1) is 13.2 Å². The van der Waals surface area contributed by atoms with Crippen molar-refractivity contribution in [3.05, 3.63) is 120 Å². The molecule has 0 spiro atoms. The zero-order valence-electron chi connectivity index (χ0n) is 29.8. The highest BCUT2D eigenvalue weighted by Crippen LogP contribution is 2.37. The molecule has 0 radical (unpaired) electrons. The van der Waals surface area contributed by atoms with Crippen molar-refractivity contribution >= 4 is 41.7 Å². The number of piperazine rings is 1. The highest BCUT2D eigenvalue weighted by molar-refractivity contribution is 5.90. The summed E-state index contributed by atoms with van der Waals surface area (Å²) in [6.45, 7) is 14.5. The second kappa shape index (κ2) is 22.5. The van der Waals surface area contributed by atoms with Gasteiger partial charge in [-0.1, -0.05) is 60.7 Å². The maximum atomic E-state index is 9.55. The molecule has 0 saturated carbocycles. The number of nitrogens with zero attached hydrogens (tertiary/aromatic N) is 5. The van der Waals surface area contributed by atoms with Crippen molar-refractivity contribution in [2.45, 2.75) is 18.9 Å². The number of carboxylic acid groups (broad SMARTS) is 4. The summed E-state index contributed by atoms with van der Waals surface area (Å²) in [5, 5.41) is 40.9. The van der Waals surface area contributed by atoms with E-state index in [1.54, 1.807) is 12.2 Å². The summed E-state index contributed by atoms with van der Waals surface area (Å²) in [6, 6.07) is 18.4. The summed E-state index contributed by atoms with van der Waals surface area (Å²) >= 11 is 0. The first kappa shape index (κ1) is 42.0. The molecule has 2 aliphatic rings. The van der Waals surface area contributed by atoms with Gasteiger partial charge < -0.3 is 36.4 Å². The third-order valence-corrected chi connectivity index (χ3v) is 8.03. The van der Waals surface area contributed by atoms with Crippen LogP contribution in [-0.4, -0.2) is 121 Å². The van der Waals surface area contributed by atoms with Crippen LogP contribution in [0.1, 0.15) is 28.3 Å². The van der Waals surface area contributed by atoms with E-state index in [0.29, 0.717) is 61.3 Å². The maximum Gasteiger partial charge on any atom is 0.328 e. The molecule has 2 heterocycles. The number of aliphatic carboxylic acids is 4. The Labute approximate surface area is 313 Å². The van der Waals surface area contributed by atoms with E-state index in [9.17, 15) is 19.2 Å². The molecule has 2 aromatic carbocycles. The minimum Gasteiger partial charge on any atom is -0.478 e. The molecule has 1 aromatic heterocycles. The molecular formula is C38H46N8O8.